The molecule has 6 heteroatoms. The van der Waals surface area contributed by atoms with Crippen molar-refractivity contribution in [2.45, 2.75) is 19.9 Å². The highest BCUT2D eigenvalue weighted by atomic mass is 79.9. The minimum absolute atomic E-state index is 0.169. The maximum atomic E-state index is 14.1. The molecule has 0 N–H and O–H groups in total. The van der Waals surface area contributed by atoms with Crippen LogP contribution in [0, 0.1) is 12.7 Å². The molecule has 0 aliphatic heterocycles. The van der Waals surface area contributed by atoms with Gasteiger partial charge in [0.15, 0.2) is 0 Å². The average molecular weight is 431 g/mol. The fraction of sp³-hybridized carbons (Fsp3) is 0.238. The molecule has 0 spiro atoms. The first-order chi connectivity index (χ1) is 13.0. The van der Waals surface area contributed by atoms with E-state index in [9.17, 15) is 9.18 Å². The lowest BCUT2D eigenvalue weighted by Gasteiger charge is -2.15. The van der Waals surface area contributed by atoms with Crippen molar-refractivity contribution in [2.75, 3.05) is 12.4 Å². The van der Waals surface area contributed by atoms with Gasteiger partial charge in [0.25, 0.3) is 5.56 Å². The van der Waals surface area contributed by atoms with Crippen LogP contribution < -0.4 is 10.3 Å². The largest absolute Gasteiger partial charge is 0.497 e. The number of hydrogen-bond acceptors (Lipinski definition) is 3. The van der Waals surface area contributed by atoms with Crippen molar-refractivity contribution in [3.8, 4) is 16.9 Å². The lowest BCUT2D eigenvalue weighted by atomic mass is 9.98. The van der Waals surface area contributed by atoms with Gasteiger partial charge >= 0.3 is 0 Å². The summed E-state index contributed by atoms with van der Waals surface area (Å²) in [5.74, 6) is 0.394. The Balaban J connectivity index is 2.18. The Bertz CT molecular complexity index is 1020. The van der Waals surface area contributed by atoms with Crippen molar-refractivity contribution < 1.29 is 9.13 Å². The summed E-state index contributed by atoms with van der Waals surface area (Å²) in [6, 6.07) is 14.0. The lowest BCUT2D eigenvalue weighted by Crippen LogP contribution is -2.28. The van der Waals surface area contributed by atoms with Crippen molar-refractivity contribution in [1.29, 1.82) is 0 Å². The molecule has 140 valence electrons. The molecule has 27 heavy (non-hydrogen) atoms. The third-order valence-corrected chi connectivity index (χ3v) is 4.82. The van der Waals surface area contributed by atoms with Crippen molar-refractivity contribution in [3.05, 3.63) is 81.5 Å². The summed E-state index contributed by atoms with van der Waals surface area (Å²) in [6.07, 6.45) is 0.318. The Morgan fingerprint density at radius 2 is 1.96 bits per heavy atom. The monoisotopic (exact) mass is 430 g/mol. The number of rotatable bonds is 6. The quantitative estimate of drug-likeness (QED) is 0.545. The molecule has 0 unspecified atom stereocenters. The van der Waals surface area contributed by atoms with Gasteiger partial charge in [-0.15, -0.1) is 0 Å². The normalized spacial score (nSPS) is 10.8. The van der Waals surface area contributed by atoms with Gasteiger partial charge < -0.3 is 4.74 Å². The van der Waals surface area contributed by atoms with Crippen molar-refractivity contribution in [2.24, 2.45) is 0 Å². The molecule has 1 aromatic heterocycles. The second-order valence-electron chi connectivity index (χ2n) is 6.16. The van der Waals surface area contributed by atoms with E-state index in [-0.39, 0.29) is 11.4 Å². The Hall–Kier alpha value is -2.47. The Kier molecular flexibility index (Phi) is 6.06. The van der Waals surface area contributed by atoms with Gasteiger partial charge in [-0.3, -0.25) is 4.79 Å². The van der Waals surface area contributed by atoms with Crippen LogP contribution in [0.3, 0.4) is 0 Å². The van der Waals surface area contributed by atoms with Gasteiger partial charge in [-0.2, -0.15) is 5.10 Å². The first kappa shape index (κ1) is 19.3. The van der Waals surface area contributed by atoms with E-state index in [0.717, 1.165) is 11.1 Å². The van der Waals surface area contributed by atoms with Crippen LogP contribution in [0.4, 0.5) is 4.39 Å². The van der Waals surface area contributed by atoms with Crippen LogP contribution in [0.5, 0.6) is 5.75 Å². The topological polar surface area (TPSA) is 44.1 Å². The summed E-state index contributed by atoms with van der Waals surface area (Å²) >= 11 is 3.37. The SMILES string of the molecule is COc1cccc(-c2c(C)c(Cc3ccccc3F)nn(CCBr)c2=O)c1. The summed E-state index contributed by atoms with van der Waals surface area (Å²) in [7, 11) is 1.59. The molecule has 3 rings (SSSR count). The molecule has 0 fully saturated rings. The van der Waals surface area contributed by atoms with Gasteiger partial charge in [-0.05, 0) is 41.8 Å². The van der Waals surface area contributed by atoms with Gasteiger partial charge in [0.2, 0.25) is 0 Å². The number of alkyl halides is 1. The smallest absolute Gasteiger partial charge is 0.274 e. The number of ether oxygens (including phenoxy) is 1. The lowest BCUT2D eigenvalue weighted by molar-refractivity contribution is 0.415. The zero-order valence-corrected chi connectivity index (χ0v) is 16.8. The third-order valence-electron chi connectivity index (χ3n) is 4.47. The second kappa shape index (κ2) is 8.48. The molecule has 2 aromatic carbocycles. The number of halogens is 2. The van der Waals surface area contributed by atoms with Gasteiger partial charge in [0, 0.05) is 11.8 Å². The van der Waals surface area contributed by atoms with Crippen LogP contribution in [0.25, 0.3) is 11.1 Å². The number of methoxy groups -OCH3 is 1. The molecule has 0 radical (unpaired) electrons. The van der Waals surface area contributed by atoms with Crippen molar-refractivity contribution in [3.63, 3.8) is 0 Å². The average Bonchev–Trinajstić information content (AvgIpc) is 2.67. The highest BCUT2D eigenvalue weighted by molar-refractivity contribution is 9.09. The summed E-state index contributed by atoms with van der Waals surface area (Å²) in [5.41, 5.74) is 3.14. The summed E-state index contributed by atoms with van der Waals surface area (Å²) in [4.78, 5) is 13.0. The van der Waals surface area contributed by atoms with Crippen molar-refractivity contribution >= 4 is 15.9 Å². The first-order valence-corrected chi connectivity index (χ1v) is 9.71. The van der Waals surface area contributed by atoms with Crippen LogP contribution in [0.2, 0.25) is 0 Å². The number of benzene rings is 2. The standard InChI is InChI=1S/C21H20BrFN2O2/c1-14-19(13-15-6-3-4-9-18(15)23)24-25(11-10-22)21(26)20(14)16-7-5-8-17(12-16)27-2/h3-9,12H,10-11,13H2,1-2H3. The molecule has 0 bridgehead atoms. The molecule has 4 nitrogen and oxygen atoms in total. The molecule has 3 aromatic rings. The van der Waals surface area contributed by atoms with Gasteiger partial charge in [0.05, 0.1) is 24.9 Å². The summed E-state index contributed by atoms with van der Waals surface area (Å²) in [5, 5.41) is 5.10. The summed E-state index contributed by atoms with van der Waals surface area (Å²) in [6.45, 7) is 2.29. The zero-order chi connectivity index (χ0) is 19.4. The molecule has 0 aliphatic rings. The molecule has 0 amide bonds. The fourth-order valence-electron chi connectivity index (χ4n) is 3.04. The molecule has 0 atom stereocenters. The zero-order valence-electron chi connectivity index (χ0n) is 15.2. The molecular weight excluding hydrogens is 411 g/mol. The predicted molar refractivity (Wildman–Crippen MR) is 108 cm³/mol. The van der Waals surface area contributed by atoms with Gasteiger partial charge in [-0.25, -0.2) is 9.07 Å². The van der Waals surface area contributed by atoms with Crippen LogP contribution in [-0.4, -0.2) is 22.2 Å². The molecule has 0 aliphatic carbocycles. The van der Waals surface area contributed by atoms with E-state index < -0.39 is 0 Å². The van der Waals surface area contributed by atoms with Gasteiger partial charge in [-0.1, -0.05) is 46.3 Å². The Labute approximate surface area is 165 Å². The fourth-order valence-corrected chi connectivity index (χ4v) is 3.38. The Morgan fingerprint density at radius 1 is 1.19 bits per heavy atom. The van der Waals surface area contributed by atoms with E-state index in [0.29, 0.717) is 40.9 Å². The van der Waals surface area contributed by atoms with Crippen LogP contribution in [0.1, 0.15) is 16.8 Å². The number of nitrogens with zero attached hydrogens (tertiary/aromatic N) is 2. The first-order valence-electron chi connectivity index (χ1n) is 8.59. The van der Waals surface area contributed by atoms with E-state index in [1.54, 1.807) is 25.3 Å². The second-order valence-corrected chi connectivity index (χ2v) is 6.96. The minimum atomic E-state index is -0.278. The van der Waals surface area contributed by atoms with E-state index >= 15 is 0 Å². The van der Waals surface area contributed by atoms with Crippen molar-refractivity contribution in [1.82, 2.24) is 9.78 Å². The van der Waals surface area contributed by atoms with Gasteiger partial charge in [0.1, 0.15) is 11.6 Å². The van der Waals surface area contributed by atoms with E-state index in [1.165, 1.54) is 10.7 Å². The molecular formula is C21H20BrFN2O2. The Morgan fingerprint density at radius 3 is 2.67 bits per heavy atom. The molecule has 0 saturated heterocycles. The van der Waals surface area contributed by atoms with E-state index in [2.05, 4.69) is 21.0 Å². The third kappa shape index (κ3) is 4.11. The van der Waals surface area contributed by atoms with E-state index in [1.807, 2.05) is 31.2 Å². The van der Waals surface area contributed by atoms with Crippen LogP contribution >= 0.6 is 15.9 Å². The summed E-state index contributed by atoms with van der Waals surface area (Å²) < 4.78 is 20.9. The molecule has 0 saturated carbocycles. The van der Waals surface area contributed by atoms with Crippen LogP contribution in [-0.2, 0) is 13.0 Å². The minimum Gasteiger partial charge on any atom is -0.497 e. The highest BCUT2D eigenvalue weighted by Crippen LogP contribution is 2.26. The maximum Gasteiger partial charge on any atom is 0.274 e. The molecule has 1 heterocycles. The number of aryl methyl sites for hydroxylation is 1. The van der Waals surface area contributed by atoms with Crippen LogP contribution in [0.15, 0.2) is 53.3 Å². The number of aromatic nitrogens is 2. The number of hydrogen-bond donors (Lipinski definition) is 0. The predicted octanol–water partition coefficient (Wildman–Crippen LogP) is 4.35. The highest BCUT2D eigenvalue weighted by Gasteiger charge is 2.17. The maximum absolute atomic E-state index is 14.1. The van der Waals surface area contributed by atoms with E-state index in [4.69, 9.17) is 4.74 Å².